The van der Waals surface area contributed by atoms with Crippen LogP contribution in [0.1, 0.15) is 25.1 Å². The molecule has 1 aromatic heterocycles. The normalized spacial score (nSPS) is 15.6. The van der Waals surface area contributed by atoms with Gasteiger partial charge in [-0.3, -0.25) is 9.59 Å². The van der Waals surface area contributed by atoms with Crippen LogP contribution in [0, 0.1) is 0 Å². The monoisotopic (exact) mass is 360 g/mol. The molecule has 2 aromatic rings. The predicted octanol–water partition coefficient (Wildman–Crippen LogP) is 1.76. The van der Waals surface area contributed by atoms with Crippen LogP contribution in [0.5, 0.6) is 0 Å². The van der Waals surface area contributed by atoms with Crippen molar-refractivity contribution in [3.8, 4) is 0 Å². The molecule has 2 N–H and O–H groups in total. The number of fused-ring (bicyclic) bond motifs is 1. The molecule has 1 aromatic carbocycles. The Kier molecular flexibility index (Phi) is 6.09. The van der Waals surface area contributed by atoms with Crippen molar-refractivity contribution in [2.45, 2.75) is 31.1 Å². The first-order valence-corrected chi connectivity index (χ1v) is 9.83. The van der Waals surface area contributed by atoms with E-state index in [1.807, 2.05) is 30.1 Å². The van der Waals surface area contributed by atoms with Gasteiger partial charge in [-0.25, -0.2) is 4.98 Å². The lowest BCUT2D eigenvalue weighted by Crippen LogP contribution is -2.44. The van der Waals surface area contributed by atoms with Gasteiger partial charge in [0.05, 0.1) is 16.7 Å². The molecule has 0 saturated carbocycles. The van der Waals surface area contributed by atoms with Gasteiger partial charge in [0.2, 0.25) is 5.91 Å². The highest BCUT2D eigenvalue weighted by atomic mass is 32.2. The molecule has 25 heavy (non-hydrogen) atoms. The summed E-state index contributed by atoms with van der Waals surface area (Å²) in [6.45, 7) is 1.68. The van der Waals surface area contributed by atoms with E-state index in [1.54, 1.807) is 17.8 Å². The van der Waals surface area contributed by atoms with E-state index >= 15 is 0 Å². The standard InChI is InChI=1S/C18H24N4O2S/c1-19-13-6-9-22(10-7-13)17(23)8-11-25-12-16-20-15-5-3-2-4-14(15)18(24)21-16/h2-5,13,19H,6-12H2,1H3,(H,20,21,24). The Morgan fingerprint density at radius 2 is 2.12 bits per heavy atom. The van der Waals surface area contributed by atoms with Gasteiger partial charge in [-0.15, -0.1) is 0 Å². The summed E-state index contributed by atoms with van der Waals surface area (Å²) in [6.07, 6.45) is 2.59. The van der Waals surface area contributed by atoms with Crippen molar-refractivity contribution < 1.29 is 4.79 Å². The Bertz CT molecular complexity index is 784. The average molecular weight is 360 g/mol. The average Bonchev–Trinajstić information content (AvgIpc) is 2.65. The number of carbonyl (C=O) groups excluding carboxylic acids is 1. The van der Waals surface area contributed by atoms with E-state index < -0.39 is 0 Å². The minimum atomic E-state index is -0.107. The Hall–Kier alpha value is -1.86. The predicted molar refractivity (Wildman–Crippen MR) is 102 cm³/mol. The largest absolute Gasteiger partial charge is 0.343 e. The molecule has 1 saturated heterocycles. The summed E-state index contributed by atoms with van der Waals surface area (Å²) in [7, 11) is 1.98. The maximum Gasteiger partial charge on any atom is 0.258 e. The quantitative estimate of drug-likeness (QED) is 0.768. The van der Waals surface area contributed by atoms with Gasteiger partial charge in [0.25, 0.3) is 5.56 Å². The van der Waals surface area contributed by atoms with E-state index in [9.17, 15) is 9.59 Å². The number of carbonyl (C=O) groups is 1. The summed E-state index contributed by atoms with van der Waals surface area (Å²) in [5, 5.41) is 3.88. The summed E-state index contributed by atoms with van der Waals surface area (Å²) in [5.41, 5.74) is 0.606. The molecule has 134 valence electrons. The molecular weight excluding hydrogens is 336 g/mol. The van der Waals surface area contributed by atoms with Crippen molar-refractivity contribution >= 4 is 28.6 Å². The molecule has 0 spiro atoms. The van der Waals surface area contributed by atoms with Crippen LogP contribution in [0.4, 0.5) is 0 Å². The Labute approximate surface area is 151 Å². The van der Waals surface area contributed by atoms with Crippen molar-refractivity contribution in [2.24, 2.45) is 0 Å². The van der Waals surface area contributed by atoms with Crippen LogP contribution in [-0.2, 0) is 10.5 Å². The van der Waals surface area contributed by atoms with Crippen molar-refractivity contribution in [2.75, 3.05) is 25.9 Å². The molecule has 1 aliphatic heterocycles. The first kappa shape index (κ1) is 17.9. The second-order valence-electron chi connectivity index (χ2n) is 6.28. The van der Waals surface area contributed by atoms with Gasteiger partial charge in [0, 0.05) is 31.3 Å². The van der Waals surface area contributed by atoms with Crippen LogP contribution in [0.2, 0.25) is 0 Å². The van der Waals surface area contributed by atoms with Crippen molar-refractivity contribution in [1.82, 2.24) is 20.2 Å². The van der Waals surface area contributed by atoms with Crippen LogP contribution < -0.4 is 10.9 Å². The molecule has 2 heterocycles. The number of nitrogens with zero attached hydrogens (tertiary/aromatic N) is 2. The number of hydrogen-bond donors (Lipinski definition) is 2. The highest BCUT2D eigenvalue weighted by Crippen LogP contribution is 2.15. The Morgan fingerprint density at radius 1 is 1.36 bits per heavy atom. The highest BCUT2D eigenvalue weighted by molar-refractivity contribution is 7.98. The topological polar surface area (TPSA) is 78.1 Å². The lowest BCUT2D eigenvalue weighted by Gasteiger charge is -2.31. The van der Waals surface area contributed by atoms with Gasteiger partial charge in [-0.2, -0.15) is 11.8 Å². The van der Waals surface area contributed by atoms with Gasteiger partial charge in [0.15, 0.2) is 0 Å². The second-order valence-corrected chi connectivity index (χ2v) is 7.38. The zero-order valence-electron chi connectivity index (χ0n) is 14.5. The number of nitrogens with one attached hydrogen (secondary N) is 2. The molecule has 3 rings (SSSR count). The number of thioether (sulfide) groups is 1. The number of piperidine rings is 1. The number of para-hydroxylation sites is 1. The van der Waals surface area contributed by atoms with Gasteiger partial charge in [0.1, 0.15) is 5.82 Å². The number of hydrogen-bond acceptors (Lipinski definition) is 5. The SMILES string of the molecule is CNC1CCN(C(=O)CCSCc2nc3ccccc3c(=O)[nH]2)CC1. The first-order chi connectivity index (χ1) is 12.2. The molecule has 1 amide bonds. The molecule has 0 aliphatic carbocycles. The molecule has 0 unspecified atom stereocenters. The van der Waals surface area contributed by atoms with E-state index in [1.165, 1.54) is 0 Å². The molecule has 7 heteroatoms. The fourth-order valence-corrected chi connectivity index (χ4v) is 3.90. The van der Waals surface area contributed by atoms with Crippen molar-refractivity contribution in [1.29, 1.82) is 0 Å². The molecule has 1 aliphatic rings. The van der Waals surface area contributed by atoms with Crippen LogP contribution in [0.15, 0.2) is 29.1 Å². The third kappa shape index (κ3) is 4.61. The molecule has 1 fully saturated rings. The van der Waals surface area contributed by atoms with Crippen LogP contribution in [0.25, 0.3) is 10.9 Å². The summed E-state index contributed by atoms with van der Waals surface area (Å²) in [5.74, 6) is 2.23. The molecular formula is C18H24N4O2S. The highest BCUT2D eigenvalue weighted by Gasteiger charge is 2.21. The summed E-state index contributed by atoms with van der Waals surface area (Å²) in [4.78, 5) is 33.5. The second kappa shape index (κ2) is 8.49. The van der Waals surface area contributed by atoms with E-state index in [0.29, 0.717) is 34.9 Å². The van der Waals surface area contributed by atoms with Crippen LogP contribution in [0.3, 0.4) is 0 Å². The zero-order valence-corrected chi connectivity index (χ0v) is 15.3. The number of aromatic nitrogens is 2. The number of aromatic amines is 1. The van der Waals surface area contributed by atoms with Crippen LogP contribution in [-0.4, -0.2) is 52.7 Å². The number of amides is 1. The fraction of sp³-hybridized carbons (Fsp3) is 0.500. The van der Waals surface area contributed by atoms with E-state index in [4.69, 9.17) is 0 Å². The zero-order chi connectivity index (χ0) is 17.6. The minimum Gasteiger partial charge on any atom is -0.343 e. The first-order valence-electron chi connectivity index (χ1n) is 8.68. The Balaban J connectivity index is 1.46. The van der Waals surface area contributed by atoms with Crippen molar-refractivity contribution in [3.05, 3.63) is 40.4 Å². The molecule has 0 atom stereocenters. The Morgan fingerprint density at radius 3 is 2.88 bits per heavy atom. The van der Waals surface area contributed by atoms with Crippen LogP contribution >= 0.6 is 11.8 Å². The number of H-pyrrole nitrogens is 1. The third-order valence-electron chi connectivity index (χ3n) is 4.62. The number of likely N-dealkylation sites (tertiary alicyclic amines) is 1. The van der Waals surface area contributed by atoms with E-state index in [0.717, 1.165) is 31.7 Å². The van der Waals surface area contributed by atoms with Gasteiger partial charge < -0.3 is 15.2 Å². The van der Waals surface area contributed by atoms with E-state index in [2.05, 4.69) is 15.3 Å². The summed E-state index contributed by atoms with van der Waals surface area (Å²) in [6, 6.07) is 7.86. The molecule has 6 nitrogen and oxygen atoms in total. The fourth-order valence-electron chi connectivity index (χ4n) is 3.11. The third-order valence-corrected chi connectivity index (χ3v) is 5.59. The number of benzene rings is 1. The smallest absolute Gasteiger partial charge is 0.258 e. The molecule has 0 radical (unpaired) electrons. The minimum absolute atomic E-state index is 0.107. The number of rotatable bonds is 6. The van der Waals surface area contributed by atoms with Gasteiger partial charge in [-0.1, -0.05) is 12.1 Å². The lowest BCUT2D eigenvalue weighted by atomic mass is 10.1. The van der Waals surface area contributed by atoms with E-state index in [-0.39, 0.29) is 11.5 Å². The maximum absolute atomic E-state index is 12.3. The summed E-state index contributed by atoms with van der Waals surface area (Å²) >= 11 is 1.63. The summed E-state index contributed by atoms with van der Waals surface area (Å²) < 4.78 is 0. The van der Waals surface area contributed by atoms with Gasteiger partial charge in [-0.05, 0) is 32.0 Å². The molecule has 0 bridgehead atoms. The van der Waals surface area contributed by atoms with Crippen molar-refractivity contribution in [3.63, 3.8) is 0 Å². The maximum atomic E-state index is 12.3. The van der Waals surface area contributed by atoms with Gasteiger partial charge >= 0.3 is 0 Å². The lowest BCUT2D eigenvalue weighted by molar-refractivity contribution is -0.131.